The Bertz CT molecular complexity index is 371. The topological polar surface area (TPSA) is 70.6 Å². The maximum Gasteiger partial charge on any atom is 0.193 e. The van der Waals surface area contributed by atoms with Crippen LogP contribution in [-0.4, -0.2) is 24.2 Å². The molecule has 0 aliphatic heterocycles. The van der Waals surface area contributed by atoms with E-state index in [2.05, 4.69) is 10.3 Å². The van der Waals surface area contributed by atoms with Crippen molar-refractivity contribution in [2.45, 2.75) is 12.8 Å². The van der Waals surface area contributed by atoms with Crippen molar-refractivity contribution in [3.05, 3.63) is 30.3 Å². The molecule has 4 nitrogen and oxygen atoms in total. The van der Waals surface area contributed by atoms with Crippen LogP contribution in [0.3, 0.4) is 0 Å². The van der Waals surface area contributed by atoms with E-state index in [4.69, 9.17) is 10.8 Å². The molecule has 1 aromatic carbocycles. The predicted octanol–water partition coefficient (Wildman–Crippen LogP) is 1.19. The normalized spacial score (nSPS) is 18.2. The molecule has 16 heavy (non-hydrogen) atoms. The molecule has 2 rings (SSSR count). The lowest BCUT2D eigenvalue weighted by molar-refractivity contribution is 0.217. The molecular weight excluding hydrogens is 202 g/mol. The Kier molecular flexibility index (Phi) is 3.10. The van der Waals surface area contributed by atoms with Gasteiger partial charge in [-0.2, -0.15) is 0 Å². The fourth-order valence-corrected chi connectivity index (χ4v) is 1.50. The molecule has 0 atom stereocenters. The molecule has 4 heteroatoms. The van der Waals surface area contributed by atoms with Crippen molar-refractivity contribution >= 4 is 11.6 Å². The zero-order valence-electron chi connectivity index (χ0n) is 9.19. The number of hydrogen-bond acceptors (Lipinski definition) is 2. The minimum absolute atomic E-state index is 0.0169. The molecule has 0 amide bonds. The van der Waals surface area contributed by atoms with Crippen molar-refractivity contribution in [2.75, 3.05) is 18.5 Å². The summed E-state index contributed by atoms with van der Waals surface area (Å²) in [6.07, 6.45) is 2.09. The minimum atomic E-state index is 0.0169. The first-order chi connectivity index (χ1) is 7.74. The second-order valence-electron chi connectivity index (χ2n) is 4.35. The van der Waals surface area contributed by atoms with Gasteiger partial charge in [0.25, 0.3) is 0 Å². The number of guanidine groups is 1. The third-order valence-electron chi connectivity index (χ3n) is 2.92. The van der Waals surface area contributed by atoms with Gasteiger partial charge in [-0.15, -0.1) is 0 Å². The van der Waals surface area contributed by atoms with Crippen LogP contribution in [0.15, 0.2) is 35.3 Å². The molecule has 1 fully saturated rings. The SMILES string of the molecule is NC(=NCC1(CO)CC1)Nc1ccccc1. The first-order valence-corrected chi connectivity index (χ1v) is 5.47. The van der Waals surface area contributed by atoms with Crippen molar-refractivity contribution in [3.63, 3.8) is 0 Å². The minimum Gasteiger partial charge on any atom is -0.396 e. The van der Waals surface area contributed by atoms with Crippen molar-refractivity contribution in [2.24, 2.45) is 16.1 Å². The van der Waals surface area contributed by atoms with Gasteiger partial charge in [-0.05, 0) is 25.0 Å². The van der Waals surface area contributed by atoms with Gasteiger partial charge in [0.2, 0.25) is 0 Å². The van der Waals surface area contributed by atoms with Gasteiger partial charge in [0.1, 0.15) is 0 Å². The van der Waals surface area contributed by atoms with E-state index in [9.17, 15) is 0 Å². The molecule has 1 aliphatic rings. The molecule has 0 unspecified atom stereocenters. The van der Waals surface area contributed by atoms with Crippen LogP contribution in [0, 0.1) is 5.41 Å². The molecule has 86 valence electrons. The van der Waals surface area contributed by atoms with Crippen LogP contribution in [0.25, 0.3) is 0 Å². The van der Waals surface area contributed by atoms with Crippen LogP contribution in [0.5, 0.6) is 0 Å². The average molecular weight is 219 g/mol. The lowest BCUT2D eigenvalue weighted by Crippen LogP contribution is -2.24. The molecule has 0 spiro atoms. The van der Waals surface area contributed by atoms with E-state index >= 15 is 0 Å². The van der Waals surface area contributed by atoms with Crippen LogP contribution < -0.4 is 11.1 Å². The Morgan fingerprint density at radius 1 is 1.38 bits per heavy atom. The molecular formula is C12H17N3O. The van der Waals surface area contributed by atoms with Crippen LogP contribution in [0.2, 0.25) is 0 Å². The van der Waals surface area contributed by atoms with Crippen molar-refractivity contribution in [1.29, 1.82) is 0 Å². The van der Waals surface area contributed by atoms with Gasteiger partial charge in [-0.1, -0.05) is 18.2 Å². The Morgan fingerprint density at radius 3 is 2.62 bits per heavy atom. The number of aliphatic imine (C=N–C) groups is 1. The molecule has 1 aromatic rings. The van der Waals surface area contributed by atoms with Gasteiger partial charge < -0.3 is 16.2 Å². The van der Waals surface area contributed by atoms with Crippen LogP contribution in [0.1, 0.15) is 12.8 Å². The van der Waals surface area contributed by atoms with E-state index < -0.39 is 0 Å². The Hall–Kier alpha value is -1.55. The number of aliphatic hydroxyl groups is 1. The smallest absolute Gasteiger partial charge is 0.193 e. The van der Waals surface area contributed by atoms with Gasteiger partial charge in [-0.3, -0.25) is 4.99 Å². The quantitative estimate of drug-likeness (QED) is 0.526. The lowest BCUT2D eigenvalue weighted by Gasteiger charge is -2.09. The molecule has 0 radical (unpaired) electrons. The Balaban J connectivity index is 1.88. The fraction of sp³-hybridized carbons (Fsp3) is 0.417. The molecule has 0 bridgehead atoms. The van der Waals surface area contributed by atoms with E-state index in [1.54, 1.807) is 0 Å². The van der Waals surface area contributed by atoms with Crippen LogP contribution in [-0.2, 0) is 0 Å². The second kappa shape index (κ2) is 4.53. The van der Waals surface area contributed by atoms with E-state index in [1.165, 1.54) is 0 Å². The standard InChI is InChI=1S/C12H17N3O/c13-11(14-8-12(9-16)6-7-12)15-10-4-2-1-3-5-10/h1-5,16H,6-9H2,(H3,13,14,15). The Labute approximate surface area is 95.2 Å². The number of anilines is 1. The highest BCUT2D eigenvalue weighted by molar-refractivity contribution is 5.92. The van der Waals surface area contributed by atoms with Crippen molar-refractivity contribution in [3.8, 4) is 0 Å². The fourth-order valence-electron chi connectivity index (χ4n) is 1.50. The summed E-state index contributed by atoms with van der Waals surface area (Å²) in [5, 5.41) is 12.1. The highest BCUT2D eigenvalue weighted by Gasteiger charge is 2.41. The zero-order valence-corrected chi connectivity index (χ0v) is 9.19. The highest BCUT2D eigenvalue weighted by Crippen LogP contribution is 2.45. The third kappa shape index (κ3) is 2.73. The van der Waals surface area contributed by atoms with E-state index in [0.717, 1.165) is 18.5 Å². The van der Waals surface area contributed by atoms with Gasteiger partial charge in [0.05, 0.1) is 13.2 Å². The van der Waals surface area contributed by atoms with E-state index in [-0.39, 0.29) is 12.0 Å². The molecule has 4 N–H and O–H groups in total. The number of aliphatic hydroxyl groups excluding tert-OH is 1. The van der Waals surface area contributed by atoms with E-state index in [1.807, 2.05) is 30.3 Å². The van der Waals surface area contributed by atoms with Crippen molar-refractivity contribution in [1.82, 2.24) is 0 Å². The summed E-state index contributed by atoms with van der Waals surface area (Å²) >= 11 is 0. The maximum atomic E-state index is 9.13. The van der Waals surface area contributed by atoms with Gasteiger partial charge in [-0.25, -0.2) is 0 Å². The van der Waals surface area contributed by atoms with Crippen LogP contribution >= 0.6 is 0 Å². The molecule has 1 saturated carbocycles. The monoisotopic (exact) mass is 219 g/mol. The second-order valence-corrected chi connectivity index (χ2v) is 4.35. The van der Waals surface area contributed by atoms with Crippen LogP contribution in [0.4, 0.5) is 5.69 Å². The Morgan fingerprint density at radius 2 is 2.06 bits per heavy atom. The van der Waals surface area contributed by atoms with E-state index in [0.29, 0.717) is 12.5 Å². The summed E-state index contributed by atoms with van der Waals surface area (Å²) < 4.78 is 0. The van der Waals surface area contributed by atoms with Gasteiger partial charge >= 0.3 is 0 Å². The summed E-state index contributed by atoms with van der Waals surface area (Å²) in [5.74, 6) is 0.408. The number of rotatable bonds is 4. The number of nitrogens with zero attached hydrogens (tertiary/aromatic N) is 1. The highest BCUT2D eigenvalue weighted by atomic mass is 16.3. The van der Waals surface area contributed by atoms with Gasteiger partial charge in [0.15, 0.2) is 5.96 Å². The molecule has 0 aromatic heterocycles. The first-order valence-electron chi connectivity index (χ1n) is 5.47. The number of benzene rings is 1. The molecule has 0 saturated heterocycles. The number of hydrogen-bond donors (Lipinski definition) is 3. The number of nitrogens with two attached hydrogens (primary N) is 1. The first kappa shape index (κ1) is 11.0. The predicted molar refractivity (Wildman–Crippen MR) is 65.3 cm³/mol. The van der Waals surface area contributed by atoms with Gasteiger partial charge in [0, 0.05) is 11.1 Å². The summed E-state index contributed by atoms with van der Waals surface area (Å²) in [6, 6.07) is 9.68. The summed E-state index contributed by atoms with van der Waals surface area (Å²) in [6.45, 7) is 0.810. The summed E-state index contributed by atoms with van der Waals surface area (Å²) in [5.41, 5.74) is 6.70. The average Bonchev–Trinajstić information content (AvgIpc) is 3.09. The summed E-state index contributed by atoms with van der Waals surface area (Å²) in [7, 11) is 0. The largest absolute Gasteiger partial charge is 0.396 e. The molecule has 0 heterocycles. The summed E-state index contributed by atoms with van der Waals surface area (Å²) in [4.78, 5) is 4.25. The molecule has 1 aliphatic carbocycles. The number of para-hydroxylation sites is 1. The maximum absolute atomic E-state index is 9.13. The third-order valence-corrected chi connectivity index (χ3v) is 2.92. The van der Waals surface area contributed by atoms with Crippen molar-refractivity contribution < 1.29 is 5.11 Å². The lowest BCUT2D eigenvalue weighted by atomic mass is 10.1. The number of nitrogens with one attached hydrogen (secondary N) is 1. The zero-order chi connectivity index (χ0) is 11.4.